The minimum atomic E-state index is -0.955. The van der Waals surface area contributed by atoms with Crippen LogP contribution in [0.2, 0.25) is 0 Å². The van der Waals surface area contributed by atoms with E-state index in [1.165, 1.54) is 0 Å². The number of carboxylic acid groups (broad SMARTS) is 1. The number of halogens is 1. The third-order valence-electron chi connectivity index (χ3n) is 3.63. The van der Waals surface area contributed by atoms with E-state index < -0.39 is 5.97 Å². The number of nitrogens with zero attached hydrogens (tertiary/aromatic N) is 1. The highest BCUT2D eigenvalue weighted by Crippen LogP contribution is 2.34. The van der Waals surface area contributed by atoms with Crippen molar-refractivity contribution < 1.29 is 19.4 Å². The molecule has 9 heteroatoms. The van der Waals surface area contributed by atoms with Crippen molar-refractivity contribution in [2.24, 2.45) is 5.10 Å². The number of hydrogen-bond donors (Lipinski definition) is 3. The molecule has 0 fully saturated rings. The molecule has 29 heavy (non-hydrogen) atoms. The van der Waals surface area contributed by atoms with Gasteiger partial charge in [-0.3, -0.25) is 5.43 Å². The molecule has 0 atom stereocenters. The minimum Gasteiger partial charge on any atom is -0.490 e. The first-order valence-electron chi connectivity index (χ1n) is 8.92. The summed E-state index contributed by atoms with van der Waals surface area (Å²) >= 11 is 7.25. The van der Waals surface area contributed by atoms with Gasteiger partial charge in [-0.15, -0.1) is 0 Å². The summed E-state index contributed by atoms with van der Waals surface area (Å²) in [7, 11) is 0. The van der Waals surface area contributed by atoms with Crippen LogP contribution in [0.3, 0.4) is 0 Å². The molecule has 0 saturated heterocycles. The molecule has 0 spiro atoms. The van der Waals surface area contributed by atoms with Crippen molar-refractivity contribution in [3.05, 3.63) is 56.7 Å². The first-order valence-corrected chi connectivity index (χ1v) is 10.4. The van der Waals surface area contributed by atoms with Gasteiger partial charge < -0.3 is 19.9 Å². The van der Waals surface area contributed by atoms with E-state index >= 15 is 0 Å². The van der Waals surface area contributed by atoms with E-state index in [1.807, 2.05) is 26.0 Å². The normalized spacial score (nSPS) is 10.6. The Morgan fingerprint density at radius 2 is 1.97 bits per heavy atom. The first-order chi connectivity index (χ1) is 13.9. The molecule has 0 amide bonds. The number of hydrazone groups is 1. The summed E-state index contributed by atoms with van der Waals surface area (Å²) in [5.74, 6) is 0.281. The Bertz CT molecular complexity index is 888. The van der Waals surface area contributed by atoms with Crippen LogP contribution in [0, 0.1) is 3.57 Å². The van der Waals surface area contributed by atoms with Gasteiger partial charge in [0, 0.05) is 6.54 Å². The van der Waals surface area contributed by atoms with Crippen molar-refractivity contribution in [3.63, 3.8) is 0 Å². The third kappa shape index (κ3) is 7.17. The molecule has 7 nitrogen and oxygen atoms in total. The van der Waals surface area contributed by atoms with Crippen molar-refractivity contribution in [2.45, 2.75) is 20.5 Å². The van der Waals surface area contributed by atoms with Gasteiger partial charge in [0.2, 0.25) is 0 Å². The standard InChI is InChI=1S/C20H22IN3O4S/c1-3-22-20(29)24-23-11-14-9-16(21)18(17(10-14)27-4-2)28-12-13-5-7-15(8-6-13)19(25)26/h5-11H,3-4,12H2,1-2H3,(H,25,26)(H2,22,24,29)/b23-11-. The van der Waals surface area contributed by atoms with Gasteiger partial charge in [0.1, 0.15) is 6.61 Å². The van der Waals surface area contributed by atoms with E-state index in [4.69, 9.17) is 26.8 Å². The van der Waals surface area contributed by atoms with Gasteiger partial charge >= 0.3 is 5.97 Å². The Labute approximate surface area is 188 Å². The zero-order chi connectivity index (χ0) is 21.2. The number of ether oxygens (including phenoxy) is 2. The van der Waals surface area contributed by atoms with Gasteiger partial charge in [0.25, 0.3) is 0 Å². The number of rotatable bonds is 9. The highest BCUT2D eigenvalue weighted by atomic mass is 127. The Morgan fingerprint density at radius 1 is 1.24 bits per heavy atom. The zero-order valence-electron chi connectivity index (χ0n) is 16.1. The van der Waals surface area contributed by atoms with Crippen LogP contribution in [0.5, 0.6) is 11.5 Å². The van der Waals surface area contributed by atoms with E-state index in [1.54, 1.807) is 30.5 Å². The smallest absolute Gasteiger partial charge is 0.335 e. The molecule has 0 saturated carbocycles. The first kappa shape index (κ1) is 22.9. The minimum absolute atomic E-state index is 0.240. The van der Waals surface area contributed by atoms with Crippen LogP contribution in [0.25, 0.3) is 0 Å². The number of thiocarbonyl (C=S) groups is 1. The van der Waals surface area contributed by atoms with Crippen molar-refractivity contribution in [1.82, 2.24) is 10.7 Å². The van der Waals surface area contributed by atoms with Gasteiger partial charge in [-0.2, -0.15) is 5.10 Å². The van der Waals surface area contributed by atoms with Crippen LogP contribution in [-0.2, 0) is 6.61 Å². The molecule has 2 aromatic rings. The molecule has 154 valence electrons. The van der Waals surface area contributed by atoms with E-state index in [0.717, 1.165) is 21.2 Å². The number of carboxylic acids is 1. The fourth-order valence-electron chi connectivity index (χ4n) is 2.33. The predicted molar refractivity (Wildman–Crippen MR) is 125 cm³/mol. The fraction of sp³-hybridized carbons (Fsp3) is 0.250. The Morgan fingerprint density at radius 3 is 2.59 bits per heavy atom. The molecule has 0 bridgehead atoms. The van der Waals surface area contributed by atoms with Crippen LogP contribution in [-0.4, -0.2) is 35.6 Å². The Balaban J connectivity index is 2.13. The maximum Gasteiger partial charge on any atom is 0.335 e. The lowest BCUT2D eigenvalue weighted by Gasteiger charge is -2.15. The molecular formula is C20H22IN3O4S. The third-order valence-corrected chi connectivity index (χ3v) is 4.67. The van der Waals surface area contributed by atoms with Crippen LogP contribution < -0.4 is 20.2 Å². The Hall–Kier alpha value is -2.40. The van der Waals surface area contributed by atoms with Crippen molar-refractivity contribution in [3.8, 4) is 11.5 Å². The lowest BCUT2D eigenvalue weighted by molar-refractivity contribution is 0.0697. The summed E-state index contributed by atoms with van der Waals surface area (Å²) in [6, 6.07) is 10.3. The molecule has 3 N–H and O–H groups in total. The van der Waals surface area contributed by atoms with Gasteiger partial charge in [-0.1, -0.05) is 12.1 Å². The summed E-state index contributed by atoms with van der Waals surface area (Å²) in [6.45, 7) is 5.36. The van der Waals surface area contributed by atoms with Gasteiger partial charge in [0.15, 0.2) is 16.6 Å². The highest BCUT2D eigenvalue weighted by molar-refractivity contribution is 14.1. The SMILES string of the molecule is CCNC(=S)N/N=C\c1cc(I)c(OCc2ccc(C(=O)O)cc2)c(OCC)c1. The quantitative estimate of drug-likeness (QED) is 0.198. The van der Waals surface area contributed by atoms with Gasteiger partial charge in [-0.05, 0) is 84.0 Å². The summed E-state index contributed by atoms with van der Waals surface area (Å²) in [5, 5.41) is 16.5. The lowest BCUT2D eigenvalue weighted by atomic mass is 10.1. The van der Waals surface area contributed by atoms with Crippen LogP contribution in [0.4, 0.5) is 0 Å². The van der Waals surface area contributed by atoms with E-state index in [2.05, 4.69) is 38.4 Å². The zero-order valence-corrected chi connectivity index (χ0v) is 19.0. The van der Waals surface area contributed by atoms with Gasteiger partial charge in [0.05, 0.1) is 22.0 Å². The number of carbonyl (C=O) groups is 1. The van der Waals surface area contributed by atoms with E-state index in [-0.39, 0.29) is 5.56 Å². The van der Waals surface area contributed by atoms with Crippen molar-refractivity contribution in [2.75, 3.05) is 13.2 Å². The molecule has 0 unspecified atom stereocenters. The van der Waals surface area contributed by atoms with Crippen LogP contribution in [0.15, 0.2) is 41.5 Å². The monoisotopic (exact) mass is 527 g/mol. The summed E-state index contributed by atoms with van der Waals surface area (Å²) < 4.78 is 12.6. The maximum atomic E-state index is 11.0. The number of nitrogens with one attached hydrogen (secondary N) is 2. The second-order valence-corrected chi connectivity index (χ2v) is 7.35. The lowest BCUT2D eigenvalue weighted by Crippen LogP contribution is -2.31. The van der Waals surface area contributed by atoms with Crippen LogP contribution in [0.1, 0.15) is 35.3 Å². The number of aromatic carboxylic acids is 1. The molecular weight excluding hydrogens is 505 g/mol. The average molecular weight is 527 g/mol. The maximum absolute atomic E-state index is 11.0. The fourth-order valence-corrected chi connectivity index (χ4v) is 3.31. The van der Waals surface area contributed by atoms with E-state index in [9.17, 15) is 4.79 Å². The van der Waals surface area contributed by atoms with Crippen molar-refractivity contribution in [1.29, 1.82) is 0 Å². The summed E-state index contributed by atoms with van der Waals surface area (Å²) in [4.78, 5) is 11.0. The Kier molecular flexibility index (Phi) is 9.13. The summed E-state index contributed by atoms with van der Waals surface area (Å²) in [5.41, 5.74) is 4.69. The molecule has 2 rings (SSSR count). The summed E-state index contributed by atoms with van der Waals surface area (Å²) in [6.07, 6.45) is 1.66. The number of hydrogen-bond acceptors (Lipinski definition) is 5. The van der Waals surface area contributed by atoms with E-state index in [0.29, 0.717) is 29.8 Å². The molecule has 0 aromatic heterocycles. The molecule has 0 aliphatic carbocycles. The van der Waals surface area contributed by atoms with Crippen LogP contribution >= 0.6 is 34.8 Å². The second-order valence-electron chi connectivity index (χ2n) is 5.78. The largest absolute Gasteiger partial charge is 0.490 e. The van der Waals surface area contributed by atoms with Crippen molar-refractivity contribution >= 4 is 52.1 Å². The molecule has 0 radical (unpaired) electrons. The average Bonchev–Trinajstić information content (AvgIpc) is 2.68. The highest BCUT2D eigenvalue weighted by Gasteiger charge is 2.12. The molecule has 2 aromatic carbocycles. The second kappa shape index (κ2) is 11.6. The molecule has 0 aliphatic rings. The van der Waals surface area contributed by atoms with Gasteiger partial charge in [-0.25, -0.2) is 4.79 Å². The number of benzene rings is 2. The topological polar surface area (TPSA) is 92.2 Å². The molecule has 0 heterocycles. The predicted octanol–water partition coefficient (Wildman–Crippen LogP) is 3.79. The molecule has 0 aliphatic heterocycles.